The quantitative estimate of drug-likeness (QED) is 0.787. The molecule has 0 atom stereocenters. The highest BCUT2D eigenvalue weighted by Gasteiger charge is 2.24. The summed E-state index contributed by atoms with van der Waals surface area (Å²) in [6.45, 7) is 3.19. The van der Waals surface area contributed by atoms with Crippen molar-refractivity contribution < 1.29 is 13.2 Å². The molecule has 0 aliphatic carbocycles. The van der Waals surface area contributed by atoms with Crippen molar-refractivity contribution >= 4 is 21.7 Å². The average molecular weight is 287 g/mol. The lowest BCUT2D eigenvalue weighted by Gasteiger charge is -2.26. The van der Waals surface area contributed by atoms with Crippen LogP contribution in [0.4, 0.5) is 11.9 Å². The Balaban J connectivity index is 2.13. The summed E-state index contributed by atoms with van der Waals surface area (Å²) >= 11 is 0. The summed E-state index contributed by atoms with van der Waals surface area (Å²) in [4.78, 5) is 13.8. The van der Waals surface area contributed by atoms with Crippen molar-refractivity contribution in [2.75, 3.05) is 41.8 Å². The Labute approximate surface area is 111 Å². The summed E-state index contributed by atoms with van der Waals surface area (Å²) < 4.78 is 28.1. The molecule has 8 nitrogen and oxygen atoms in total. The first-order valence-electron chi connectivity index (χ1n) is 6.10. The van der Waals surface area contributed by atoms with Gasteiger partial charge in [-0.3, -0.25) is 0 Å². The second-order valence-corrected chi connectivity index (χ2v) is 6.57. The predicted molar refractivity (Wildman–Crippen MR) is 70.9 cm³/mol. The molecule has 0 saturated carbocycles. The summed E-state index contributed by atoms with van der Waals surface area (Å²) in [5.41, 5.74) is 5.60. The van der Waals surface area contributed by atoms with Crippen molar-refractivity contribution in [1.29, 1.82) is 0 Å². The molecule has 0 amide bonds. The van der Waals surface area contributed by atoms with E-state index in [9.17, 15) is 8.42 Å². The molecular formula is C10H17N5O3S. The van der Waals surface area contributed by atoms with E-state index < -0.39 is 9.84 Å². The maximum Gasteiger partial charge on any atom is 0.323 e. The molecule has 1 aliphatic heterocycles. The van der Waals surface area contributed by atoms with Gasteiger partial charge in [0, 0.05) is 13.1 Å². The van der Waals surface area contributed by atoms with E-state index >= 15 is 0 Å². The van der Waals surface area contributed by atoms with Crippen LogP contribution in [0.5, 0.6) is 6.01 Å². The van der Waals surface area contributed by atoms with Gasteiger partial charge in [-0.25, -0.2) is 8.42 Å². The molecule has 0 unspecified atom stereocenters. The first-order chi connectivity index (χ1) is 9.00. The van der Waals surface area contributed by atoms with E-state index in [2.05, 4.69) is 15.0 Å². The number of aromatic nitrogens is 3. The molecule has 1 fully saturated rings. The molecule has 0 radical (unpaired) electrons. The van der Waals surface area contributed by atoms with Crippen molar-refractivity contribution in [2.24, 2.45) is 0 Å². The molecule has 0 bridgehead atoms. The molecule has 2 rings (SSSR count). The number of nitrogens with two attached hydrogens (primary N) is 1. The minimum atomic E-state index is -2.93. The topological polar surface area (TPSA) is 111 Å². The average Bonchev–Trinajstić information content (AvgIpc) is 2.35. The summed E-state index contributed by atoms with van der Waals surface area (Å²) in [7, 11) is -2.93. The Morgan fingerprint density at radius 2 is 1.95 bits per heavy atom. The van der Waals surface area contributed by atoms with E-state index in [0.29, 0.717) is 25.6 Å². The summed E-state index contributed by atoms with van der Waals surface area (Å²) in [5.74, 6) is 0.644. The molecular weight excluding hydrogens is 270 g/mol. The minimum Gasteiger partial charge on any atom is -0.463 e. The molecule has 1 saturated heterocycles. The molecule has 2 heterocycles. The Bertz CT molecular complexity index is 534. The van der Waals surface area contributed by atoms with Crippen LogP contribution in [0.1, 0.15) is 13.3 Å². The van der Waals surface area contributed by atoms with E-state index in [1.807, 2.05) is 6.92 Å². The monoisotopic (exact) mass is 287 g/mol. The lowest BCUT2D eigenvalue weighted by molar-refractivity contribution is 0.292. The molecule has 1 aromatic rings. The van der Waals surface area contributed by atoms with Gasteiger partial charge in [0.15, 0.2) is 9.84 Å². The molecule has 0 aromatic carbocycles. The fraction of sp³-hybridized carbons (Fsp3) is 0.700. The lowest BCUT2D eigenvalue weighted by Crippen LogP contribution is -2.41. The molecule has 106 valence electrons. The normalized spacial score (nSPS) is 18.3. The molecule has 9 heteroatoms. The third-order valence-electron chi connectivity index (χ3n) is 2.68. The smallest absolute Gasteiger partial charge is 0.323 e. The van der Waals surface area contributed by atoms with Crippen molar-refractivity contribution in [1.82, 2.24) is 15.0 Å². The van der Waals surface area contributed by atoms with Crippen LogP contribution in [0.2, 0.25) is 0 Å². The second kappa shape index (κ2) is 5.55. The van der Waals surface area contributed by atoms with E-state index in [4.69, 9.17) is 10.5 Å². The van der Waals surface area contributed by atoms with Crippen LogP contribution >= 0.6 is 0 Å². The van der Waals surface area contributed by atoms with Crippen molar-refractivity contribution in [3.63, 3.8) is 0 Å². The Hall–Kier alpha value is -1.64. The number of nitrogen functional groups attached to an aromatic ring is 1. The van der Waals surface area contributed by atoms with Gasteiger partial charge in [-0.2, -0.15) is 15.0 Å². The van der Waals surface area contributed by atoms with E-state index in [-0.39, 0.29) is 23.5 Å². The zero-order valence-corrected chi connectivity index (χ0v) is 11.6. The standard InChI is InChI=1S/C10H17N5O3S/c1-2-5-18-10-13-8(11)12-9(14-10)15-3-6-19(16,17)7-4-15/h2-7H2,1H3,(H2,11,12,13,14). The maximum absolute atomic E-state index is 11.4. The summed E-state index contributed by atoms with van der Waals surface area (Å²) in [6, 6.07) is 0.179. The molecule has 1 aromatic heterocycles. The van der Waals surface area contributed by atoms with Crippen LogP contribution < -0.4 is 15.4 Å². The van der Waals surface area contributed by atoms with Gasteiger partial charge in [0.25, 0.3) is 0 Å². The fourth-order valence-electron chi connectivity index (χ4n) is 1.67. The third-order valence-corrected chi connectivity index (χ3v) is 4.29. The van der Waals surface area contributed by atoms with Gasteiger partial charge >= 0.3 is 6.01 Å². The van der Waals surface area contributed by atoms with E-state index in [0.717, 1.165) is 6.42 Å². The van der Waals surface area contributed by atoms with Crippen LogP contribution in [-0.2, 0) is 9.84 Å². The van der Waals surface area contributed by atoms with Gasteiger partial charge in [-0.05, 0) is 6.42 Å². The number of nitrogens with zero attached hydrogens (tertiary/aromatic N) is 4. The Kier molecular flexibility index (Phi) is 4.03. The number of sulfone groups is 1. The van der Waals surface area contributed by atoms with Gasteiger partial charge in [-0.1, -0.05) is 6.92 Å². The molecule has 2 N–H and O–H groups in total. The first-order valence-corrected chi connectivity index (χ1v) is 7.92. The predicted octanol–water partition coefficient (Wildman–Crippen LogP) is -0.523. The highest BCUT2D eigenvalue weighted by Crippen LogP contribution is 2.16. The van der Waals surface area contributed by atoms with Crippen LogP contribution in [0.3, 0.4) is 0 Å². The van der Waals surface area contributed by atoms with Crippen LogP contribution in [0.15, 0.2) is 0 Å². The fourth-order valence-corrected chi connectivity index (χ4v) is 2.87. The Morgan fingerprint density at radius 1 is 1.26 bits per heavy atom. The first kappa shape index (κ1) is 13.8. The molecule has 0 spiro atoms. The van der Waals surface area contributed by atoms with Crippen molar-refractivity contribution in [3.05, 3.63) is 0 Å². The van der Waals surface area contributed by atoms with Crippen molar-refractivity contribution in [3.8, 4) is 6.01 Å². The van der Waals surface area contributed by atoms with E-state index in [1.54, 1.807) is 4.90 Å². The molecule has 1 aliphatic rings. The van der Waals surface area contributed by atoms with E-state index in [1.165, 1.54) is 0 Å². The number of ether oxygens (including phenoxy) is 1. The number of hydrogen-bond donors (Lipinski definition) is 1. The number of rotatable bonds is 4. The zero-order valence-electron chi connectivity index (χ0n) is 10.7. The zero-order chi connectivity index (χ0) is 13.9. The van der Waals surface area contributed by atoms with Crippen molar-refractivity contribution in [2.45, 2.75) is 13.3 Å². The van der Waals surface area contributed by atoms with Gasteiger partial charge < -0.3 is 15.4 Å². The summed E-state index contributed by atoms with van der Waals surface area (Å²) in [6.07, 6.45) is 0.836. The SMILES string of the molecule is CCCOc1nc(N)nc(N2CCS(=O)(=O)CC2)n1. The Morgan fingerprint density at radius 3 is 2.58 bits per heavy atom. The van der Waals surface area contributed by atoms with Crippen LogP contribution in [0, 0.1) is 0 Å². The summed E-state index contributed by atoms with van der Waals surface area (Å²) in [5, 5.41) is 0. The largest absolute Gasteiger partial charge is 0.463 e. The van der Waals surface area contributed by atoms with Gasteiger partial charge in [0.2, 0.25) is 11.9 Å². The molecule has 19 heavy (non-hydrogen) atoms. The van der Waals surface area contributed by atoms with Gasteiger partial charge in [0.1, 0.15) is 0 Å². The highest BCUT2D eigenvalue weighted by molar-refractivity contribution is 7.91. The highest BCUT2D eigenvalue weighted by atomic mass is 32.2. The minimum absolute atomic E-state index is 0.0736. The van der Waals surface area contributed by atoms with Gasteiger partial charge in [-0.15, -0.1) is 0 Å². The van der Waals surface area contributed by atoms with Gasteiger partial charge in [0.05, 0.1) is 18.1 Å². The number of anilines is 2. The maximum atomic E-state index is 11.4. The van der Waals surface area contributed by atoms with Crippen LogP contribution in [-0.4, -0.2) is 54.6 Å². The second-order valence-electron chi connectivity index (χ2n) is 4.26. The third kappa shape index (κ3) is 3.66. The lowest BCUT2D eigenvalue weighted by atomic mass is 10.5. The number of hydrogen-bond acceptors (Lipinski definition) is 8. The van der Waals surface area contributed by atoms with Crippen LogP contribution in [0.25, 0.3) is 0 Å².